The van der Waals surface area contributed by atoms with Crippen LogP contribution in [0.5, 0.6) is 5.75 Å². The van der Waals surface area contributed by atoms with E-state index in [1.54, 1.807) is 6.07 Å². The van der Waals surface area contributed by atoms with Crippen LogP contribution in [0.4, 0.5) is 4.39 Å². The van der Waals surface area contributed by atoms with Crippen molar-refractivity contribution in [1.82, 2.24) is 0 Å². The van der Waals surface area contributed by atoms with Crippen molar-refractivity contribution >= 4 is 15.9 Å². The maximum atomic E-state index is 13.0. The minimum atomic E-state index is -0.430. The fraction of sp³-hybridized carbons (Fsp3) is 0.455. The second kappa shape index (κ2) is 4.49. The molecule has 1 fully saturated rings. The molecule has 0 amide bonds. The van der Waals surface area contributed by atoms with Crippen molar-refractivity contribution in [2.24, 2.45) is 0 Å². The Morgan fingerprint density at radius 3 is 2.87 bits per heavy atom. The number of halogens is 2. The molecule has 0 heterocycles. The molecule has 2 rings (SSSR count). The fourth-order valence-corrected chi connectivity index (χ4v) is 2.11. The molecule has 0 aliphatic heterocycles. The normalized spacial score (nSPS) is 25.5. The molecule has 82 valence electrons. The summed E-state index contributed by atoms with van der Waals surface area (Å²) in [6, 6.07) is 4.29. The summed E-state index contributed by atoms with van der Waals surface area (Å²) in [5.74, 6) is 0.127. The number of rotatable bonds is 2. The zero-order valence-corrected chi connectivity index (χ0v) is 9.71. The molecule has 1 aliphatic rings. The summed E-state index contributed by atoms with van der Waals surface area (Å²) in [5, 5.41) is 9.58. The molecular weight excluding hydrogens is 263 g/mol. The molecule has 0 radical (unpaired) electrons. The lowest BCUT2D eigenvalue weighted by atomic mass is 10.2. The molecule has 1 aromatic carbocycles. The van der Waals surface area contributed by atoms with Crippen LogP contribution in [0.2, 0.25) is 0 Å². The molecule has 0 spiro atoms. The lowest BCUT2D eigenvalue weighted by Crippen LogP contribution is -2.25. The predicted molar refractivity (Wildman–Crippen MR) is 58.4 cm³/mol. The van der Waals surface area contributed by atoms with Crippen molar-refractivity contribution in [2.75, 3.05) is 0 Å². The van der Waals surface area contributed by atoms with Crippen LogP contribution >= 0.6 is 15.9 Å². The van der Waals surface area contributed by atoms with Gasteiger partial charge in [0, 0.05) is 6.07 Å². The highest BCUT2D eigenvalue weighted by atomic mass is 79.9. The van der Waals surface area contributed by atoms with Crippen LogP contribution in [0, 0.1) is 5.82 Å². The summed E-state index contributed by atoms with van der Waals surface area (Å²) in [6.07, 6.45) is 1.91. The van der Waals surface area contributed by atoms with E-state index in [9.17, 15) is 9.50 Å². The van der Waals surface area contributed by atoms with Gasteiger partial charge in [-0.2, -0.15) is 0 Å². The number of hydrogen-bond acceptors (Lipinski definition) is 2. The number of hydrogen-bond donors (Lipinski definition) is 1. The van der Waals surface area contributed by atoms with Crippen LogP contribution in [0.15, 0.2) is 22.7 Å². The Bertz CT molecular complexity index is 356. The average Bonchev–Trinajstić information content (AvgIpc) is 2.58. The van der Waals surface area contributed by atoms with E-state index in [2.05, 4.69) is 15.9 Å². The maximum absolute atomic E-state index is 13.0. The first-order chi connectivity index (χ1) is 7.16. The van der Waals surface area contributed by atoms with Crippen molar-refractivity contribution in [2.45, 2.75) is 31.5 Å². The summed E-state index contributed by atoms with van der Waals surface area (Å²) in [4.78, 5) is 0. The Labute approximate surface area is 96.2 Å². The predicted octanol–water partition coefficient (Wildman–Crippen LogP) is 2.88. The molecule has 1 saturated carbocycles. The van der Waals surface area contributed by atoms with E-state index in [1.807, 2.05) is 0 Å². The Morgan fingerprint density at radius 2 is 2.20 bits per heavy atom. The Hall–Kier alpha value is -0.610. The molecule has 0 unspecified atom stereocenters. The quantitative estimate of drug-likeness (QED) is 0.899. The largest absolute Gasteiger partial charge is 0.486 e. The van der Waals surface area contributed by atoms with Gasteiger partial charge in [0.1, 0.15) is 17.7 Å². The Morgan fingerprint density at radius 1 is 1.40 bits per heavy atom. The van der Waals surface area contributed by atoms with E-state index in [1.165, 1.54) is 12.1 Å². The van der Waals surface area contributed by atoms with Gasteiger partial charge in [-0.05, 0) is 47.3 Å². The standard InChI is InChI=1S/C11H12BrFO2/c12-8-5-4-7(13)6-11(8)15-10-3-1-2-9(10)14/h4-6,9-10,14H,1-3H2/t9-,10-/m0/s1. The van der Waals surface area contributed by atoms with Crippen LogP contribution in [0.25, 0.3) is 0 Å². The van der Waals surface area contributed by atoms with Crippen molar-refractivity contribution < 1.29 is 14.2 Å². The third kappa shape index (κ3) is 2.49. The second-order valence-electron chi connectivity index (χ2n) is 3.73. The van der Waals surface area contributed by atoms with Crippen molar-refractivity contribution in [3.63, 3.8) is 0 Å². The van der Waals surface area contributed by atoms with E-state index < -0.39 is 6.10 Å². The van der Waals surface area contributed by atoms with Gasteiger partial charge in [0.25, 0.3) is 0 Å². The topological polar surface area (TPSA) is 29.5 Å². The van der Waals surface area contributed by atoms with E-state index in [0.717, 1.165) is 19.3 Å². The highest BCUT2D eigenvalue weighted by molar-refractivity contribution is 9.10. The molecule has 0 aromatic heterocycles. The lowest BCUT2D eigenvalue weighted by molar-refractivity contribution is 0.0597. The molecule has 1 N–H and O–H groups in total. The van der Waals surface area contributed by atoms with Gasteiger partial charge in [0.05, 0.1) is 10.6 Å². The summed E-state index contributed by atoms with van der Waals surface area (Å²) in [5.41, 5.74) is 0. The van der Waals surface area contributed by atoms with Crippen molar-refractivity contribution in [3.05, 3.63) is 28.5 Å². The van der Waals surface area contributed by atoms with E-state index in [4.69, 9.17) is 4.74 Å². The molecule has 0 bridgehead atoms. The lowest BCUT2D eigenvalue weighted by Gasteiger charge is -2.17. The number of aliphatic hydroxyl groups is 1. The molecule has 2 nitrogen and oxygen atoms in total. The van der Waals surface area contributed by atoms with Crippen LogP contribution in [-0.4, -0.2) is 17.3 Å². The third-order valence-corrected chi connectivity index (χ3v) is 3.24. The van der Waals surface area contributed by atoms with Gasteiger partial charge >= 0.3 is 0 Å². The molecule has 4 heteroatoms. The maximum Gasteiger partial charge on any atom is 0.136 e. The van der Waals surface area contributed by atoms with E-state index >= 15 is 0 Å². The highest BCUT2D eigenvalue weighted by Crippen LogP contribution is 2.30. The first-order valence-electron chi connectivity index (χ1n) is 4.96. The summed E-state index contributed by atoms with van der Waals surface area (Å²) in [6.45, 7) is 0. The molecule has 15 heavy (non-hydrogen) atoms. The van der Waals surface area contributed by atoms with Crippen molar-refractivity contribution in [3.8, 4) is 5.75 Å². The average molecular weight is 275 g/mol. The van der Waals surface area contributed by atoms with Crippen LogP contribution in [0.1, 0.15) is 19.3 Å². The third-order valence-electron chi connectivity index (χ3n) is 2.59. The second-order valence-corrected chi connectivity index (χ2v) is 4.58. The first-order valence-corrected chi connectivity index (χ1v) is 5.76. The molecule has 0 saturated heterocycles. The van der Waals surface area contributed by atoms with Gasteiger partial charge in [0.2, 0.25) is 0 Å². The van der Waals surface area contributed by atoms with E-state index in [-0.39, 0.29) is 11.9 Å². The SMILES string of the molecule is O[C@H]1CCC[C@@H]1Oc1cc(F)ccc1Br. The van der Waals surface area contributed by atoms with Gasteiger partial charge < -0.3 is 9.84 Å². The van der Waals surface area contributed by atoms with Crippen LogP contribution in [0.3, 0.4) is 0 Å². The zero-order chi connectivity index (χ0) is 10.8. The van der Waals surface area contributed by atoms with Gasteiger partial charge in [-0.3, -0.25) is 0 Å². The smallest absolute Gasteiger partial charge is 0.136 e. The minimum absolute atomic E-state index is 0.205. The van der Waals surface area contributed by atoms with Gasteiger partial charge in [-0.25, -0.2) is 4.39 Å². The number of benzene rings is 1. The van der Waals surface area contributed by atoms with Crippen LogP contribution in [-0.2, 0) is 0 Å². The summed E-state index contributed by atoms with van der Waals surface area (Å²) in [7, 11) is 0. The van der Waals surface area contributed by atoms with E-state index in [0.29, 0.717) is 10.2 Å². The fourth-order valence-electron chi connectivity index (χ4n) is 1.77. The molecule has 1 aliphatic carbocycles. The zero-order valence-electron chi connectivity index (χ0n) is 8.12. The van der Waals surface area contributed by atoms with Gasteiger partial charge in [-0.1, -0.05) is 0 Å². The molecule has 1 aromatic rings. The van der Waals surface area contributed by atoms with Gasteiger partial charge in [0.15, 0.2) is 0 Å². The first kappa shape index (κ1) is 10.9. The monoisotopic (exact) mass is 274 g/mol. The van der Waals surface area contributed by atoms with Crippen molar-refractivity contribution in [1.29, 1.82) is 0 Å². The van der Waals surface area contributed by atoms with Gasteiger partial charge in [-0.15, -0.1) is 0 Å². The Balaban J connectivity index is 2.12. The summed E-state index contributed by atoms with van der Waals surface area (Å²) >= 11 is 3.28. The Kier molecular flexibility index (Phi) is 3.26. The van der Waals surface area contributed by atoms with Crippen LogP contribution < -0.4 is 4.74 Å². The minimum Gasteiger partial charge on any atom is -0.486 e. The molecule has 2 atom stereocenters. The number of ether oxygens (including phenoxy) is 1. The number of aliphatic hydroxyl groups excluding tert-OH is 1. The summed E-state index contributed by atoms with van der Waals surface area (Å²) < 4.78 is 19.2. The molecular formula is C11H12BrFO2. The highest BCUT2D eigenvalue weighted by Gasteiger charge is 2.27.